The van der Waals surface area contributed by atoms with Crippen molar-refractivity contribution in [3.05, 3.63) is 30.4 Å². The average Bonchev–Trinajstić information content (AvgIpc) is 3.32. The highest BCUT2D eigenvalue weighted by molar-refractivity contribution is 6.08. The zero-order chi connectivity index (χ0) is 22.0. The summed E-state index contributed by atoms with van der Waals surface area (Å²) in [6.07, 6.45) is 5.44. The number of nitrogens with zero attached hydrogens (tertiary/aromatic N) is 1. The number of allylic oxidation sites excluding steroid dienone is 2. The van der Waals surface area contributed by atoms with E-state index in [1.165, 1.54) is 4.90 Å². The second kappa shape index (κ2) is 8.99. The third-order valence-electron chi connectivity index (χ3n) is 5.86. The molecule has 166 valence electrons. The second-order valence-electron chi connectivity index (χ2n) is 8.50. The maximum Gasteiger partial charge on any atom is 0.243 e. The maximum absolute atomic E-state index is 13.0. The molecule has 1 aliphatic carbocycles. The number of imide groups is 1. The van der Waals surface area contributed by atoms with Gasteiger partial charge in [0, 0.05) is 6.07 Å². The van der Waals surface area contributed by atoms with Gasteiger partial charge in [0.15, 0.2) is 11.5 Å². The number of nitrogens with one attached hydrogen (secondary N) is 1. The molecule has 0 saturated carbocycles. The van der Waals surface area contributed by atoms with E-state index in [2.05, 4.69) is 5.32 Å². The molecule has 1 N–H and O–H groups in total. The molecule has 0 spiro atoms. The van der Waals surface area contributed by atoms with Crippen LogP contribution in [0.15, 0.2) is 30.4 Å². The van der Waals surface area contributed by atoms with E-state index in [-0.39, 0.29) is 55.4 Å². The van der Waals surface area contributed by atoms with Crippen LogP contribution in [-0.4, -0.2) is 48.6 Å². The molecule has 0 bridgehead atoms. The average molecular weight is 428 g/mol. The Bertz CT molecular complexity index is 870. The van der Waals surface area contributed by atoms with Gasteiger partial charge >= 0.3 is 0 Å². The molecule has 1 aromatic rings. The SMILES string of the molecule is CC(C)CC(C(=O)NCCOc1ccc2c(c1)OCO2)N1C(=O)C2CC=CCC2C1=O. The maximum atomic E-state index is 13.0. The molecule has 1 fully saturated rings. The fourth-order valence-electron chi connectivity index (χ4n) is 4.34. The first-order chi connectivity index (χ1) is 15.0. The predicted molar refractivity (Wildman–Crippen MR) is 112 cm³/mol. The van der Waals surface area contributed by atoms with Crippen LogP contribution in [-0.2, 0) is 14.4 Å². The van der Waals surface area contributed by atoms with Crippen molar-refractivity contribution in [1.29, 1.82) is 0 Å². The fourth-order valence-corrected chi connectivity index (χ4v) is 4.34. The molecule has 3 amide bonds. The summed E-state index contributed by atoms with van der Waals surface area (Å²) in [7, 11) is 0. The third kappa shape index (κ3) is 4.38. The van der Waals surface area contributed by atoms with Crippen LogP contribution in [0.1, 0.15) is 33.1 Å². The lowest BCUT2D eigenvalue weighted by Gasteiger charge is -2.27. The molecule has 1 saturated heterocycles. The lowest BCUT2D eigenvalue weighted by Crippen LogP contribution is -2.51. The molecule has 2 heterocycles. The first kappa shape index (κ1) is 21.2. The lowest BCUT2D eigenvalue weighted by molar-refractivity contribution is -0.148. The Morgan fingerprint density at radius 1 is 1.13 bits per heavy atom. The van der Waals surface area contributed by atoms with Crippen LogP contribution in [0, 0.1) is 17.8 Å². The molecule has 2 aliphatic heterocycles. The molecule has 4 rings (SSSR count). The molecule has 3 aliphatic rings. The fraction of sp³-hybridized carbons (Fsp3) is 0.522. The Labute approximate surface area is 181 Å². The minimum atomic E-state index is -0.795. The van der Waals surface area contributed by atoms with Gasteiger partial charge in [-0.15, -0.1) is 0 Å². The van der Waals surface area contributed by atoms with Gasteiger partial charge in [-0.05, 0) is 37.3 Å². The van der Waals surface area contributed by atoms with Gasteiger partial charge in [0.05, 0.1) is 18.4 Å². The molecule has 1 aromatic carbocycles. The number of carbonyl (C=O) groups is 3. The van der Waals surface area contributed by atoms with Gasteiger partial charge < -0.3 is 19.5 Å². The summed E-state index contributed by atoms with van der Waals surface area (Å²) >= 11 is 0. The van der Waals surface area contributed by atoms with Crippen molar-refractivity contribution >= 4 is 17.7 Å². The van der Waals surface area contributed by atoms with Gasteiger partial charge in [-0.25, -0.2) is 0 Å². The van der Waals surface area contributed by atoms with E-state index in [9.17, 15) is 14.4 Å². The number of hydrogen-bond donors (Lipinski definition) is 1. The van der Waals surface area contributed by atoms with E-state index >= 15 is 0 Å². The summed E-state index contributed by atoms with van der Waals surface area (Å²) in [5.41, 5.74) is 0. The number of ether oxygens (including phenoxy) is 3. The summed E-state index contributed by atoms with van der Waals surface area (Å²) in [6.45, 7) is 4.65. The summed E-state index contributed by atoms with van der Waals surface area (Å²) < 4.78 is 16.3. The number of likely N-dealkylation sites (tertiary alicyclic amines) is 1. The number of hydrogen-bond acceptors (Lipinski definition) is 6. The van der Waals surface area contributed by atoms with Crippen molar-refractivity contribution in [1.82, 2.24) is 10.2 Å². The van der Waals surface area contributed by atoms with Gasteiger partial charge in [0.1, 0.15) is 18.4 Å². The first-order valence-corrected chi connectivity index (χ1v) is 10.8. The number of carbonyl (C=O) groups excluding carboxylic acids is 3. The predicted octanol–water partition coefficient (Wildman–Crippen LogP) is 2.28. The third-order valence-corrected chi connectivity index (χ3v) is 5.86. The van der Waals surface area contributed by atoms with Crippen LogP contribution in [0.5, 0.6) is 17.2 Å². The van der Waals surface area contributed by atoms with E-state index < -0.39 is 6.04 Å². The van der Waals surface area contributed by atoms with Crippen molar-refractivity contribution in [2.45, 2.75) is 39.2 Å². The number of rotatable bonds is 8. The first-order valence-electron chi connectivity index (χ1n) is 10.8. The van der Waals surface area contributed by atoms with Gasteiger partial charge in [-0.3, -0.25) is 19.3 Å². The Hall–Kier alpha value is -3.03. The smallest absolute Gasteiger partial charge is 0.243 e. The summed E-state index contributed by atoms with van der Waals surface area (Å²) in [5, 5.41) is 2.83. The van der Waals surface area contributed by atoms with E-state index in [0.717, 1.165) is 0 Å². The minimum absolute atomic E-state index is 0.155. The molecule has 3 unspecified atom stereocenters. The van der Waals surface area contributed by atoms with Crippen molar-refractivity contribution < 1.29 is 28.6 Å². The largest absolute Gasteiger partial charge is 0.492 e. The molecular formula is C23H28N2O6. The van der Waals surface area contributed by atoms with E-state index in [0.29, 0.717) is 36.5 Å². The topological polar surface area (TPSA) is 94.2 Å². The number of benzene rings is 1. The van der Waals surface area contributed by atoms with E-state index in [1.54, 1.807) is 18.2 Å². The highest BCUT2D eigenvalue weighted by Gasteiger charge is 2.51. The zero-order valence-corrected chi connectivity index (χ0v) is 17.8. The number of fused-ring (bicyclic) bond motifs is 2. The molecule has 0 radical (unpaired) electrons. The van der Waals surface area contributed by atoms with Gasteiger partial charge in [0.25, 0.3) is 0 Å². The van der Waals surface area contributed by atoms with Crippen LogP contribution < -0.4 is 19.5 Å². The summed E-state index contributed by atoms with van der Waals surface area (Å²) in [5.74, 6) is 0.613. The Balaban J connectivity index is 1.35. The molecular weight excluding hydrogens is 400 g/mol. The minimum Gasteiger partial charge on any atom is -0.492 e. The Kier molecular flexibility index (Phi) is 6.15. The molecule has 8 heteroatoms. The second-order valence-corrected chi connectivity index (χ2v) is 8.50. The standard InChI is InChI=1S/C23H28N2O6/c1-14(2)11-18(25-22(27)16-5-3-4-6-17(16)23(25)28)21(26)24-9-10-29-15-7-8-19-20(12-15)31-13-30-19/h3-4,7-8,12,14,16-18H,5-6,9-11,13H2,1-2H3,(H,24,26). The highest BCUT2D eigenvalue weighted by Crippen LogP contribution is 2.37. The van der Waals surface area contributed by atoms with Crippen LogP contribution >= 0.6 is 0 Å². The van der Waals surface area contributed by atoms with Crippen molar-refractivity contribution in [3.63, 3.8) is 0 Å². The van der Waals surface area contributed by atoms with Crippen molar-refractivity contribution in [2.75, 3.05) is 19.9 Å². The molecule has 3 atom stereocenters. The normalized spacial score (nSPS) is 22.6. The zero-order valence-electron chi connectivity index (χ0n) is 17.8. The van der Waals surface area contributed by atoms with Gasteiger partial charge in [-0.2, -0.15) is 0 Å². The van der Waals surface area contributed by atoms with Crippen LogP contribution in [0.25, 0.3) is 0 Å². The van der Waals surface area contributed by atoms with Crippen molar-refractivity contribution in [2.24, 2.45) is 17.8 Å². The monoisotopic (exact) mass is 428 g/mol. The lowest BCUT2D eigenvalue weighted by atomic mass is 9.85. The molecule has 31 heavy (non-hydrogen) atoms. The Morgan fingerprint density at radius 3 is 2.48 bits per heavy atom. The van der Waals surface area contributed by atoms with Crippen LogP contribution in [0.3, 0.4) is 0 Å². The Morgan fingerprint density at radius 2 is 1.81 bits per heavy atom. The molecule has 0 aromatic heterocycles. The van der Waals surface area contributed by atoms with Gasteiger partial charge in [-0.1, -0.05) is 26.0 Å². The van der Waals surface area contributed by atoms with Crippen molar-refractivity contribution in [3.8, 4) is 17.2 Å². The van der Waals surface area contributed by atoms with Gasteiger partial charge in [0.2, 0.25) is 24.5 Å². The van der Waals surface area contributed by atoms with Crippen LogP contribution in [0.4, 0.5) is 0 Å². The molecule has 8 nitrogen and oxygen atoms in total. The summed E-state index contributed by atoms with van der Waals surface area (Å²) in [4.78, 5) is 40.0. The summed E-state index contributed by atoms with van der Waals surface area (Å²) in [6, 6.07) is 4.49. The highest BCUT2D eigenvalue weighted by atomic mass is 16.7. The van der Waals surface area contributed by atoms with E-state index in [4.69, 9.17) is 14.2 Å². The quantitative estimate of drug-likeness (QED) is 0.388. The van der Waals surface area contributed by atoms with Crippen LogP contribution in [0.2, 0.25) is 0 Å². The number of amides is 3. The van der Waals surface area contributed by atoms with E-state index in [1.807, 2.05) is 26.0 Å².